The summed E-state index contributed by atoms with van der Waals surface area (Å²) in [5.41, 5.74) is -13.4. The number of carbonyl (C=O) groups excluding carboxylic acids is 1. The lowest BCUT2D eigenvalue weighted by Crippen LogP contribution is -2.63. The summed E-state index contributed by atoms with van der Waals surface area (Å²) < 4.78 is 247. The molecule has 0 fully saturated rings. The predicted octanol–water partition coefficient (Wildman–Crippen LogP) is 6.69. The standard InChI is InChI=1S/C19H8F15N3O8S2/c20-14(21,22)7-5-10(36-13(38)35-8-1-3-9(4-2-8)46(41,42)19(32,33)34)12(11(6-7)37(39)40)45-47(43,44)18(30,31)16(25,26)15(23,24)17(27,28)29/h1-6H,(H2,35,36,38). The first-order valence-electron chi connectivity index (χ1n) is 10.8. The van der Waals surface area contributed by atoms with Crippen molar-refractivity contribution in [3.05, 3.63) is 52.1 Å². The Morgan fingerprint density at radius 2 is 1.23 bits per heavy atom. The lowest BCUT2D eigenvalue weighted by atomic mass is 10.1. The fourth-order valence-corrected chi connectivity index (χ4v) is 4.61. The van der Waals surface area contributed by atoms with Crippen LogP contribution in [0.3, 0.4) is 0 Å². The van der Waals surface area contributed by atoms with E-state index in [1.165, 1.54) is 5.32 Å². The molecule has 0 saturated carbocycles. The molecule has 0 unspecified atom stereocenters. The van der Waals surface area contributed by atoms with E-state index in [1.807, 2.05) is 0 Å². The highest BCUT2D eigenvalue weighted by Gasteiger charge is 2.86. The van der Waals surface area contributed by atoms with Crippen LogP contribution in [0.1, 0.15) is 5.56 Å². The molecule has 0 saturated heterocycles. The summed E-state index contributed by atoms with van der Waals surface area (Å²) in [7, 11) is -14.0. The van der Waals surface area contributed by atoms with E-state index in [0.717, 1.165) is 5.32 Å². The number of nitrogens with zero attached hydrogens (tertiary/aromatic N) is 1. The van der Waals surface area contributed by atoms with Crippen molar-refractivity contribution in [2.45, 2.75) is 39.9 Å². The average molecular weight is 755 g/mol. The Balaban J connectivity index is 2.67. The normalized spacial score (nSPS) is 14.0. The Morgan fingerprint density at radius 1 is 0.745 bits per heavy atom. The maximum absolute atomic E-state index is 14.2. The zero-order valence-electron chi connectivity index (χ0n) is 21.2. The van der Waals surface area contributed by atoms with Crippen LogP contribution in [0.15, 0.2) is 41.3 Å². The van der Waals surface area contributed by atoms with Crippen LogP contribution in [-0.2, 0) is 26.1 Å². The van der Waals surface area contributed by atoms with Gasteiger partial charge >= 0.3 is 56.8 Å². The number of amides is 2. The summed E-state index contributed by atoms with van der Waals surface area (Å²) in [6.07, 6.45) is -13.3. The van der Waals surface area contributed by atoms with Gasteiger partial charge in [0.25, 0.3) is 9.84 Å². The van der Waals surface area contributed by atoms with Gasteiger partial charge in [-0.2, -0.15) is 74.3 Å². The minimum absolute atomic E-state index is 0.202. The summed E-state index contributed by atoms with van der Waals surface area (Å²) >= 11 is 0. The topological polar surface area (TPSA) is 162 Å². The minimum Gasteiger partial charge on any atom is -0.368 e. The third-order valence-corrected chi connectivity index (χ3v) is 7.96. The van der Waals surface area contributed by atoms with Gasteiger partial charge in [0.05, 0.1) is 21.1 Å². The molecule has 2 rings (SSSR count). The Kier molecular flexibility index (Phi) is 9.76. The van der Waals surface area contributed by atoms with Crippen molar-refractivity contribution in [2.75, 3.05) is 10.6 Å². The number of halogens is 15. The third kappa shape index (κ3) is 7.20. The number of nitro groups is 1. The van der Waals surface area contributed by atoms with E-state index in [1.54, 1.807) is 0 Å². The summed E-state index contributed by atoms with van der Waals surface area (Å²) in [6, 6.07) is -2.16. The molecule has 0 radical (unpaired) electrons. The molecule has 2 aromatic rings. The van der Waals surface area contributed by atoms with Gasteiger partial charge in [-0.1, -0.05) is 0 Å². The molecule has 264 valence electrons. The number of nitro benzene ring substituents is 1. The summed E-state index contributed by atoms with van der Waals surface area (Å²) in [5.74, 6) is -18.4. The van der Waals surface area contributed by atoms with E-state index < -0.39 is 111 Å². The van der Waals surface area contributed by atoms with Crippen molar-refractivity contribution in [1.82, 2.24) is 0 Å². The molecule has 0 spiro atoms. The first-order chi connectivity index (χ1) is 20.7. The molecule has 0 aliphatic carbocycles. The molecule has 0 atom stereocenters. The van der Waals surface area contributed by atoms with Crippen molar-refractivity contribution in [3.63, 3.8) is 0 Å². The van der Waals surface area contributed by atoms with Crippen molar-refractivity contribution in [2.24, 2.45) is 0 Å². The molecule has 0 bridgehead atoms. The first kappa shape index (κ1) is 38.9. The Morgan fingerprint density at radius 3 is 1.64 bits per heavy atom. The Labute approximate surface area is 248 Å². The predicted molar refractivity (Wildman–Crippen MR) is 121 cm³/mol. The van der Waals surface area contributed by atoms with Gasteiger partial charge in [-0.25, -0.2) is 13.2 Å². The second-order valence-corrected chi connectivity index (χ2v) is 11.9. The highest BCUT2D eigenvalue weighted by Crippen LogP contribution is 2.55. The smallest absolute Gasteiger partial charge is 0.368 e. The zero-order valence-corrected chi connectivity index (χ0v) is 22.8. The van der Waals surface area contributed by atoms with Gasteiger partial charge in [-0.15, -0.1) is 0 Å². The monoisotopic (exact) mass is 755 g/mol. The van der Waals surface area contributed by atoms with Gasteiger partial charge in [-0.3, -0.25) is 10.1 Å². The largest absolute Gasteiger partial charge is 0.501 e. The number of urea groups is 1. The molecule has 0 aliphatic heterocycles. The molecule has 47 heavy (non-hydrogen) atoms. The minimum atomic E-state index is -8.04. The fourth-order valence-electron chi connectivity index (χ4n) is 2.91. The van der Waals surface area contributed by atoms with E-state index >= 15 is 0 Å². The summed E-state index contributed by atoms with van der Waals surface area (Å²) in [4.78, 5) is 20.1. The lowest BCUT2D eigenvalue weighted by molar-refractivity contribution is -0.386. The zero-order chi connectivity index (χ0) is 37.0. The molecule has 0 aromatic heterocycles. The molecular formula is C19H8F15N3O8S2. The van der Waals surface area contributed by atoms with Crippen LogP contribution < -0.4 is 14.8 Å². The number of alkyl halides is 15. The fraction of sp³-hybridized carbons (Fsp3) is 0.316. The highest BCUT2D eigenvalue weighted by molar-refractivity contribution is 7.92. The molecule has 0 aliphatic rings. The van der Waals surface area contributed by atoms with Crippen molar-refractivity contribution >= 4 is 43.0 Å². The molecule has 11 nitrogen and oxygen atoms in total. The van der Waals surface area contributed by atoms with Gasteiger partial charge in [-0.05, 0) is 30.3 Å². The second-order valence-electron chi connectivity index (χ2n) is 8.38. The van der Waals surface area contributed by atoms with Crippen molar-refractivity contribution in [3.8, 4) is 5.75 Å². The number of sulfone groups is 1. The van der Waals surface area contributed by atoms with Gasteiger partial charge in [0.2, 0.25) is 5.75 Å². The number of hydrogen-bond acceptors (Lipinski definition) is 8. The molecule has 2 N–H and O–H groups in total. The molecule has 28 heteroatoms. The van der Waals surface area contributed by atoms with Crippen LogP contribution >= 0.6 is 0 Å². The number of anilines is 2. The van der Waals surface area contributed by atoms with Crippen LogP contribution in [0.4, 0.5) is 87.7 Å². The second kappa shape index (κ2) is 11.8. The molecule has 2 aromatic carbocycles. The van der Waals surface area contributed by atoms with Crippen molar-refractivity contribution in [1.29, 1.82) is 0 Å². The first-order valence-corrected chi connectivity index (χ1v) is 13.6. The van der Waals surface area contributed by atoms with Gasteiger partial charge in [0.15, 0.2) is 0 Å². The van der Waals surface area contributed by atoms with E-state index in [0.29, 0.717) is 12.1 Å². The van der Waals surface area contributed by atoms with E-state index in [4.69, 9.17) is 0 Å². The van der Waals surface area contributed by atoms with Crippen LogP contribution in [0.2, 0.25) is 0 Å². The third-order valence-electron chi connectivity index (χ3n) is 5.19. The van der Waals surface area contributed by atoms with Gasteiger partial charge in [0.1, 0.15) is 0 Å². The number of hydrogen-bond donors (Lipinski definition) is 2. The maximum Gasteiger partial charge on any atom is 0.501 e. The van der Waals surface area contributed by atoms with E-state index in [-0.39, 0.29) is 12.1 Å². The SMILES string of the molecule is O=C(Nc1ccc(S(=O)(=O)C(F)(F)F)cc1)Nc1cc(C(F)(F)F)cc([N+](=O)[O-])c1OS(=O)(=O)C(F)(F)C(F)(F)C(F)(F)C(F)(F)F. The summed E-state index contributed by atoms with van der Waals surface area (Å²) in [6.45, 7) is 0. The quantitative estimate of drug-likeness (QED) is 0.124. The van der Waals surface area contributed by atoms with Crippen LogP contribution in [0.25, 0.3) is 0 Å². The average Bonchev–Trinajstić information content (AvgIpc) is 2.87. The van der Waals surface area contributed by atoms with E-state index in [2.05, 4.69) is 4.18 Å². The number of benzene rings is 2. The van der Waals surface area contributed by atoms with Crippen LogP contribution in [0.5, 0.6) is 5.75 Å². The Hall–Kier alpha value is -4.24. The lowest BCUT2D eigenvalue weighted by Gasteiger charge is -2.32. The molecule has 2 amide bonds. The highest BCUT2D eigenvalue weighted by atomic mass is 32.2. The summed E-state index contributed by atoms with van der Waals surface area (Å²) in [5, 5.41) is 6.29. The number of carbonyl (C=O) groups is 1. The van der Waals surface area contributed by atoms with E-state index in [9.17, 15) is 97.6 Å². The van der Waals surface area contributed by atoms with Crippen LogP contribution in [-0.4, -0.2) is 56.6 Å². The molecular weight excluding hydrogens is 747 g/mol. The van der Waals surface area contributed by atoms with Gasteiger partial charge in [0, 0.05) is 11.8 Å². The van der Waals surface area contributed by atoms with Crippen LogP contribution in [0, 0.1) is 10.1 Å². The number of nitrogens with one attached hydrogen (secondary N) is 2. The maximum atomic E-state index is 14.2. The van der Waals surface area contributed by atoms with Crippen molar-refractivity contribution < 1.29 is 96.6 Å². The molecule has 0 heterocycles. The Bertz CT molecular complexity index is 1770. The number of rotatable bonds is 9. The van der Waals surface area contributed by atoms with Gasteiger partial charge < -0.3 is 14.8 Å².